The molecule has 4 aromatic rings. The number of non-ortho nitro benzene ring substituents is 1. The van der Waals surface area contributed by atoms with Gasteiger partial charge in [0.1, 0.15) is 5.01 Å². The number of rotatable bonds is 2. The zero-order valence-electron chi connectivity index (χ0n) is 16.5. The van der Waals surface area contributed by atoms with Crippen molar-refractivity contribution in [2.45, 2.75) is 27.7 Å². The topological polar surface area (TPSA) is 56.0 Å². The third-order valence-corrected chi connectivity index (χ3v) is 4.88. The smallest absolute Gasteiger partial charge is 0.258 e. The lowest BCUT2D eigenvalue weighted by atomic mass is 10.2. The minimum Gasteiger partial charge on any atom is -0.258 e. The molecule has 0 unspecified atom stereocenters. The Morgan fingerprint density at radius 1 is 0.857 bits per heavy atom. The lowest BCUT2D eigenvalue weighted by Crippen LogP contribution is -1.86. The summed E-state index contributed by atoms with van der Waals surface area (Å²) in [7, 11) is 0. The van der Waals surface area contributed by atoms with E-state index >= 15 is 0 Å². The largest absolute Gasteiger partial charge is 0.269 e. The van der Waals surface area contributed by atoms with E-state index in [4.69, 9.17) is 0 Å². The van der Waals surface area contributed by atoms with E-state index in [1.807, 2.05) is 51.1 Å². The third-order valence-electron chi connectivity index (χ3n) is 3.81. The van der Waals surface area contributed by atoms with Crippen LogP contribution in [0.5, 0.6) is 0 Å². The molecule has 1 aromatic heterocycles. The predicted molar refractivity (Wildman–Crippen MR) is 119 cm³/mol. The molecule has 0 amide bonds. The number of nitro groups is 1. The molecule has 0 radical (unpaired) electrons. The van der Waals surface area contributed by atoms with Gasteiger partial charge in [-0.05, 0) is 43.7 Å². The van der Waals surface area contributed by atoms with Gasteiger partial charge in [-0.15, -0.1) is 11.3 Å². The highest BCUT2D eigenvalue weighted by Crippen LogP contribution is 2.31. The van der Waals surface area contributed by atoms with Gasteiger partial charge in [-0.1, -0.05) is 55.8 Å². The monoisotopic (exact) mass is 392 g/mol. The SMILES string of the molecule is CC.Cc1ccc2nc(-c3ccc([N+](=O)[O-])cc3)sc2c1.Cc1ccccc1. The summed E-state index contributed by atoms with van der Waals surface area (Å²) in [5, 5.41) is 11.5. The second-order valence-corrected chi connectivity index (χ2v) is 6.98. The number of aromatic nitrogens is 1. The Hall–Kier alpha value is -3.05. The van der Waals surface area contributed by atoms with Crippen molar-refractivity contribution in [3.8, 4) is 10.6 Å². The molecular formula is C23H24N2O2S. The molecule has 0 N–H and O–H groups in total. The van der Waals surface area contributed by atoms with E-state index in [0.717, 1.165) is 20.8 Å². The van der Waals surface area contributed by atoms with E-state index in [1.165, 1.54) is 23.3 Å². The Morgan fingerprint density at radius 2 is 1.50 bits per heavy atom. The fraction of sp³-hybridized carbons (Fsp3) is 0.174. The molecular weight excluding hydrogens is 368 g/mol. The van der Waals surface area contributed by atoms with Gasteiger partial charge in [-0.2, -0.15) is 0 Å². The highest BCUT2D eigenvalue weighted by atomic mass is 32.1. The van der Waals surface area contributed by atoms with E-state index in [2.05, 4.69) is 30.1 Å². The van der Waals surface area contributed by atoms with Crippen molar-refractivity contribution in [1.29, 1.82) is 0 Å². The summed E-state index contributed by atoms with van der Waals surface area (Å²) in [6.45, 7) is 8.13. The van der Waals surface area contributed by atoms with Crippen molar-refractivity contribution in [3.63, 3.8) is 0 Å². The zero-order chi connectivity index (χ0) is 20.5. The Balaban J connectivity index is 0.000000261. The summed E-state index contributed by atoms with van der Waals surface area (Å²) in [5.74, 6) is 0. The molecule has 0 spiro atoms. The first-order chi connectivity index (χ1) is 13.5. The standard InChI is InChI=1S/C14H10N2O2S.C7H8.C2H6/c1-9-2-7-12-13(8-9)19-14(15-12)10-3-5-11(6-4-10)16(17)18;1-7-5-3-2-4-6-7;1-2/h2-8H,1H3;2-6H,1H3;1-2H3. The van der Waals surface area contributed by atoms with Crippen LogP contribution in [-0.2, 0) is 0 Å². The van der Waals surface area contributed by atoms with E-state index < -0.39 is 4.92 Å². The molecule has 0 saturated heterocycles. The van der Waals surface area contributed by atoms with Gasteiger partial charge in [0.2, 0.25) is 0 Å². The van der Waals surface area contributed by atoms with Crippen molar-refractivity contribution in [3.05, 3.63) is 94.0 Å². The zero-order valence-corrected chi connectivity index (χ0v) is 17.4. The van der Waals surface area contributed by atoms with Gasteiger partial charge in [0, 0.05) is 17.7 Å². The average molecular weight is 393 g/mol. The summed E-state index contributed by atoms with van der Waals surface area (Å²) < 4.78 is 1.13. The minimum atomic E-state index is -0.397. The number of fused-ring (bicyclic) bond motifs is 1. The maximum atomic E-state index is 10.6. The van der Waals surface area contributed by atoms with Crippen LogP contribution in [0.2, 0.25) is 0 Å². The first-order valence-corrected chi connectivity index (χ1v) is 9.98. The number of thiazole rings is 1. The molecule has 3 aromatic carbocycles. The van der Waals surface area contributed by atoms with Gasteiger partial charge in [0.15, 0.2) is 0 Å². The van der Waals surface area contributed by atoms with Crippen LogP contribution in [0.3, 0.4) is 0 Å². The van der Waals surface area contributed by atoms with Crippen LogP contribution in [-0.4, -0.2) is 9.91 Å². The molecule has 144 valence electrons. The molecule has 0 aliphatic heterocycles. The van der Waals surface area contributed by atoms with Crippen LogP contribution in [0.25, 0.3) is 20.8 Å². The Kier molecular flexibility index (Phi) is 7.84. The van der Waals surface area contributed by atoms with Crippen molar-refractivity contribution in [2.24, 2.45) is 0 Å². The summed E-state index contributed by atoms with van der Waals surface area (Å²) in [4.78, 5) is 14.8. The molecule has 0 aliphatic carbocycles. The molecule has 0 aliphatic rings. The number of nitrogens with zero attached hydrogens (tertiary/aromatic N) is 2. The Bertz CT molecular complexity index is 1030. The number of aryl methyl sites for hydroxylation is 2. The number of nitro benzene ring substituents is 1. The summed E-state index contributed by atoms with van der Waals surface area (Å²) >= 11 is 1.60. The first-order valence-electron chi connectivity index (χ1n) is 9.16. The van der Waals surface area contributed by atoms with Crippen LogP contribution in [0.4, 0.5) is 5.69 Å². The lowest BCUT2D eigenvalue weighted by Gasteiger charge is -1.95. The van der Waals surface area contributed by atoms with Crippen LogP contribution in [0.15, 0.2) is 72.8 Å². The second-order valence-electron chi connectivity index (χ2n) is 5.95. The Morgan fingerprint density at radius 3 is 2.04 bits per heavy atom. The fourth-order valence-corrected chi connectivity index (χ4v) is 3.48. The van der Waals surface area contributed by atoms with Gasteiger partial charge in [0.05, 0.1) is 15.1 Å². The van der Waals surface area contributed by atoms with Crippen molar-refractivity contribution in [2.75, 3.05) is 0 Å². The van der Waals surface area contributed by atoms with Crippen molar-refractivity contribution >= 4 is 27.2 Å². The van der Waals surface area contributed by atoms with Crippen molar-refractivity contribution in [1.82, 2.24) is 4.98 Å². The first kappa shape index (κ1) is 21.3. The number of benzene rings is 3. The van der Waals surface area contributed by atoms with E-state index in [0.29, 0.717) is 0 Å². The highest BCUT2D eigenvalue weighted by Gasteiger charge is 2.09. The predicted octanol–water partition coefficient (Wildman–Crippen LogP) is 7.20. The van der Waals surface area contributed by atoms with Crippen LogP contribution < -0.4 is 0 Å². The molecule has 28 heavy (non-hydrogen) atoms. The highest BCUT2D eigenvalue weighted by molar-refractivity contribution is 7.21. The molecule has 0 fully saturated rings. The van der Waals surface area contributed by atoms with E-state index in [9.17, 15) is 10.1 Å². The summed E-state index contributed by atoms with van der Waals surface area (Å²) in [6, 6.07) is 22.9. The molecule has 4 nitrogen and oxygen atoms in total. The van der Waals surface area contributed by atoms with Gasteiger partial charge >= 0.3 is 0 Å². The normalized spacial score (nSPS) is 9.71. The fourth-order valence-electron chi connectivity index (χ4n) is 2.42. The molecule has 0 bridgehead atoms. The minimum absolute atomic E-state index is 0.0979. The molecule has 0 saturated carbocycles. The van der Waals surface area contributed by atoms with E-state index in [1.54, 1.807) is 23.5 Å². The Labute approximate surface area is 169 Å². The van der Waals surface area contributed by atoms with Crippen LogP contribution in [0, 0.1) is 24.0 Å². The lowest BCUT2D eigenvalue weighted by molar-refractivity contribution is -0.384. The second kappa shape index (κ2) is 10.3. The summed E-state index contributed by atoms with van der Waals surface area (Å²) in [6.07, 6.45) is 0. The van der Waals surface area contributed by atoms with Gasteiger partial charge < -0.3 is 0 Å². The number of hydrogen-bond donors (Lipinski definition) is 0. The summed E-state index contributed by atoms with van der Waals surface area (Å²) in [5.41, 5.74) is 4.49. The average Bonchev–Trinajstić information content (AvgIpc) is 3.14. The molecule has 4 rings (SSSR count). The molecule has 1 heterocycles. The van der Waals surface area contributed by atoms with Gasteiger partial charge in [0.25, 0.3) is 5.69 Å². The van der Waals surface area contributed by atoms with Crippen molar-refractivity contribution < 1.29 is 4.92 Å². The van der Waals surface area contributed by atoms with Crippen LogP contribution >= 0.6 is 11.3 Å². The molecule has 0 atom stereocenters. The quantitative estimate of drug-likeness (QED) is 0.268. The van der Waals surface area contributed by atoms with Crippen LogP contribution in [0.1, 0.15) is 25.0 Å². The molecule has 5 heteroatoms. The third kappa shape index (κ3) is 5.72. The number of hydrogen-bond acceptors (Lipinski definition) is 4. The van der Waals surface area contributed by atoms with Gasteiger partial charge in [-0.25, -0.2) is 4.98 Å². The van der Waals surface area contributed by atoms with E-state index in [-0.39, 0.29) is 5.69 Å². The maximum absolute atomic E-state index is 10.6. The maximum Gasteiger partial charge on any atom is 0.269 e. The van der Waals surface area contributed by atoms with Gasteiger partial charge in [-0.3, -0.25) is 10.1 Å².